The number of nitrogens with zero attached hydrogens (tertiary/aromatic N) is 1. The number of carbonyl (C=O) groups is 1. The number of aryl methyl sites for hydroxylation is 2. The van der Waals surface area contributed by atoms with Crippen LogP contribution in [0.2, 0.25) is 0 Å². The van der Waals surface area contributed by atoms with Crippen LogP contribution >= 0.6 is 0 Å². The third-order valence-corrected chi connectivity index (χ3v) is 3.86. The highest BCUT2D eigenvalue weighted by Gasteiger charge is 2.13. The summed E-state index contributed by atoms with van der Waals surface area (Å²) in [6.07, 6.45) is 3.76. The SMILES string of the molecule is N#CCc1ccc(NC(=O)c2ccc3c(c2)CCC3)cc1. The van der Waals surface area contributed by atoms with E-state index in [0.717, 1.165) is 24.1 Å². The van der Waals surface area contributed by atoms with Crippen molar-refractivity contribution in [1.82, 2.24) is 0 Å². The number of anilines is 1. The van der Waals surface area contributed by atoms with Crippen LogP contribution in [0.5, 0.6) is 0 Å². The molecule has 0 aromatic heterocycles. The second-order valence-electron chi connectivity index (χ2n) is 5.32. The number of carbonyl (C=O) groups excluding carboxylic acids is 1. The number of nitrogens with one attached hydrogen (secondary N) is 1. The number of rotatable bonds is 3. The number of amides is 1. The van der Waals surface area contributed by atoms with Gasteiger partial charge in [0, 0.05) is 11.3 Å². The first-order valence-electron chi connectivity index (χ1n) is 7.15. The molecule has 0 radical (unpaired) electrons. The first-order valence-corrected chi connectivity index (χ1v) is 7.15. The Kier molecular flexibility index (Phi) is 3.70. The lowest BCUT2D eigenvalue weighted by atomic mass is 10.1. The van der Waals surface area contributed by atoms with Gasteiger partial charge in [0.2, 0.25) is 0 Å². The summed E-state index contributed by atoms with van der Waals surface area (Å²) in [5.74, 6) is -0.0854. The maximum absolute atomic E-state index is 12.3. The van der Waals surface area contributed by atoms with E-state index in [1.54, 1.807) is 0 Å². The van der Waals surface area contributed by atoms with E-state index in [4.69, 9.17) is 5.26 Å². The fourth-order valence-corrected chi connectivity index (χ4v) is 2.71. The summed E-state index contributed by atoms with van der Waals surface area (Å²) in [5.41, 5.74) is 5.08. The molecule has 1 N–H and O–H groups in total. The fourth-order valence-electron chi connectivity index (χ4n) is 2.71. The van der Waals surface area contributed by atoms with Crippen LogP contribution in [0.4, 0.5) is 5.69 Å². The lowest BCUT2D eigenvalue weighted by Gasteiger charge is -2.07. The van der Waals surface area contributed by atoms with Crippen LogP contribution in [0, 0.1) is 11.3 Å². The van der Waals surface area contributed by atoms with Crippen LogP contribution < -0.4 is 5.32 Å². The number of fused-ring (bicyclic) bond motifs is 1. The molecule has 0 unspecified atom stereocenters. The van der Waals surface area contributed by atoms with Crippen LogP contribution in [-0.2, 0) is 19.3 Å². The van der Waals surface area contributed by atoms with E-state index in [0.29, 0.717) is 12.0 Å². The molecule has 21 heavy (non-hydrogen) atoms. The van der Waals surface area contributed by atoms with E-state index in [1.807, 2.05) is 36.4 Å². The highest BCUT2D eigenvalue weighted by molar-refractivity contribution is 6.04. The van der Waals surface area contributed by atoms with Crippen molar-refractivity contribution in [1.29, 1.82) is 5.26 Å². The van der Waals surface area contributed by atoms with Crippen molar-refractivity contribution in [3.63, 3.8) is 0 Å². The van der Waals surface area contributed by atoms with E-state index >= 15 is 0 Å². The van der Waals surface area contributed by atoms with E-state index < -0.39 is 0 Å². The van der Waals surface area contributed by atoms with Gasteiger partial charge in [0.15, 0.2) is 0 Å². The molecule has 0 spiro atoms. The lowest BCUT2D eigenvalue weighted by molar-refractivity contribution is 0.102. The molecule has 0 aliphatic heterocycles. The van der Waals surface area contributed by atoms with Gasteiger partial charge in [0.05, 0.1) is 12.5 Å². The van der Waals surface area contributed by atoms with Gasteiger partial charge in [-0.3, -0.25) is 4.79 Å². The zero-order valence-electron chi connectivity index (χ0n) is 11.7. The predicted molar refractivity (Wildman–Crippen MR) is 82.2 cm³/mol. The molecular formula is C18H16N2O. The van der Waals surface area contributed by atoms with Crippen molar-refractivity contribution in [2.75, 3.05) is 5.32 Å². The first-order chi connectivity index (χ1) is 10.3. The second-order valence-corrected chi connectivity index (χ2v) is 5.32. The third kappa shape index (κ3) is 2.95. The molecule has 1 aliphatic rings. The molecule has 0 heterocycles. The monoisotopic (exact) mass is 276 g/mol. The van der Waals surface area contributed by atoms with Gasteiger partial charge < -0.3 is 5.32 Å². The molecule has 0 atom stereocenters. The Labute approximate surface area is 124 Å². The number of nitriles is 1. The average molecular weight is 276 g/mol. The molecule has 3 nitrogen and oxygen atoms in total. The van der Waals surface area contributed by atoms with Gasteiger partial charge in [-0.2, -0.15) is 5.26 Å². The van der Waals surface area contributed by atoms with Crippen LogP contribution in [0.25, 0.3) is 0 Å². The molecule has 3 rings (SSSR count). The standard InChI is InChI=1S/C18H16N2O/c19-11-10-13-4-8-17(9-5-13)20-18(21)16-7-6-14-2-1-3-15(14)12-16/h4-9,12H,1-3,10H2,(H,20,21). The maximum atomic E-state index is 12.3. The summed E-state index contributed by atoms with van der Waals surface area (Å²) >= 11 is 0. The van der Waals surface area contributed by atoms with Crippen LogP contribution in [0.1, 0.15) is 33.5 Å². The van der Waals surface area contributed by atoms with Gasteiger partial charge in [-0.25, -0.2) is 0 Å². The number of benzene rings is 2. The molecule has 0 fully saturated rings. The number of hydrogen-bond donors (Lipinski definition) is 1. The second kappa shape index (κ2) is 5.80. The van der Waals surface area contributed by atoms with Crippen molar-refractivity contribution in [3.05, 3.63) is 64.7 Å². The molecule has 1 aliphatic carbocycles. The number of hydrogen-bond acceptors (Lipinski definition) is 2. The highest BCUT2D eigenvalue weighted by atomic mass is 16.1. The minimum atomic E-state index is -0.0854. The van der Waals surface area contributed by atoms with E-state index in [1.165, 1.54) is 17.5 Å². The van der Waals surface area contributed by atoms with Gasteiger partial charge in [0.25, 0.3) is 5.91 Å². The van der Waals surface area contributed by atoms with Crippen molar-refractivity contribution in [2.45, 2.75) is 25.7 Å². The summed E-state index contributed by atoms with van der Waals surface area (Å²) in [6.45, 7) is 0. The van der Waals surface area contributed by atoms with Gasteiger partial charge >= 0.3 is 0 Å². The summed E-state index contributed by atoms with van der Waals surface area (Å²) < 4.78 is 0. The van der Waals surface area contributed by atoms with E-state index in [9.17, 15) is 4.79 Å². The molecule has 1 amide bonds. The highest BCUT2D eigenvalue weighted by Crippen LogP contribution is 2.23. The normalized spacial score (nSPS) is 12.5. The van der Waals surface area contributed by atoms with E-state index in [-0.39, 0.29) is 5.91 Å². The molecule has 2 aromatic rings. The Morgan fingerprint density at radius 3 is 2.62 bits per heavy atom. The molecular weight excluding hydrogens is 260 g/mol. The fraction of sp³-hybridized carbons (Fsp3) is 0.222. The Hall–Kier alpha value is -2.60. The maximum Gasteiger partial charge on any atom is 0.255 e. The summed E-state index contributed by atoms with van der Waals surface area (Å²) in [6, 6.07) is 15.5. The largest absolute Gasteiger partial charge is 0.322 e. The van der Waals surface area contributed by atoms with Crippen molar-refractivity contribution in [2.24, 2.45) is 0 Å². The summed E-state index contributed by atoms with van der Waals surface area (Å²) in [4.78, 5) is 12.3. The molecule has 104 valence electrons. The topological polar surface area (TPSA) is 52.9 Å². The van der Waals surface area contributed by atoms with Crippen molar-refractivity contribution in [3.8, 4) is 6.07 Å². The zero-order valence-corrected chi connectivity index (χ0v) is 11.7. The Bertz CT molecular complexity index is 711. The molecule has 0 saturated carbocycles. The van der Waals surface area contributed by atoms with Gasteiger partial charge in [-0.15, -0.1) is 0 Å². The first kappa shape index (κ1) is 13.4. The van der Waals surface area contributed by atoms with Crippen LogP contribution in [-0.4, -0.2) is 5.91 Å². The molecule has 3 heteroatoms. The average Bonchev–Trinajstić information content (AvgIpc) is 2.97. The summed E-state index contributed by atoms with van der Waals surface area (Å²) in [7, 11) is 0. The zero-order chi connectivity index (χ0) is 14.7. The molecule has 0 bridgehead atoms. The molecule has 0 saturated heterocycles. The smallest absolute Gasteiger partial charge is 0.255 e. The Morgan fingerprint density at radius 2 is 1.86 bits per heavy atom. The van der Waals surface area contributed by atoms with Gasteiger partial charge in [-0.1, -0.05) is 18.2 Å². The van der Waals surface area contributed by atoms with Gasteiger partial charge in [-0.05, 0) is 60.2 Å². The quantitative estimate of drug-likeness (QED) is 0.933. The Balaban J connectivity index is 1.72. The van der Waals surface area contributed by atoms with Crippen LogP contribution in [0.3, 0.4) is 0 Å². The molecule has 2 aromatic carbocycles. The predicted octanol–water partition coefficient (Wildman–Crippen LogP) is 3.49. The lowest BCUT2D eigenvalue weighted by Crippen LogP contribution is -2.12. The van der Waals surface area contributed by atoms with Crippen molar-refractivity contribution < 1.29 is 4.79 Å². The van der Waals surface area contributed by atoms with Crippen LogP contribution in [0.15, 0.2) is 42.5 Å². The Morgan fingerprint density at radius 1 is 1.10 bits per heavy atom. The van der Waals surface area contributed by atoms with E-state index in [2.05, 4.69) is 17.5 Å². The van der Waals surface area contributed by atoms with Gasteiger partial charge in [0.1, 0.15) is 0 Å². The third-order valence-electron chi connectivity index (χ3n) is 3.86. The summed E-state index contributed by atoms with van der Waals surface area (Å²) in [5, 5.41) is 11.5. The minimum absolute atomic E-state index is 0.0854. The minimum Gasteiger partial charge on any atom is -0.322 e. The van der Waals surface area contributed by atoms with Crippen molar-refractivity contribution >= 4 is 11.6 Å².